The summed E-state index contributed by atoms with van der Waals surface area (Å²) in [5, 5.41) is 2.91. The number of fused-ring (bicyclic) bond motifs is 1. The molecule has 1 aromatic carbocycles. The van der Waals surface area contributed by atoms with Gasteiger partial charge in [0.15, 0.2) is 0 Å². The molecule has 5 nitrogen and oxygen atoms in total. The minimum Gasteiger partial charge on any atom is -0.368 e. The molecule has 1 unspecified atom stereocenters. The van der Waals surface area contributed by atoms with Crippen molar-refractivity contribution in [3.05, 3.63) is 23.8 Å². The maximum Gasteiger partial charge on any atom is 0.253 e. The fraction of sp³-hybridized carbons (Fsp3) is 0.556. The van der Waals surface area contributed by atoms with Gasteiger partial charge in [0.2, 0.25) is 5.91 Å². The topological polar surface area (TPSA) is 58.6 Å². The Morgan fingerprint density at radius 3 is 2.87 bits per heavy atom. The van der Waals surface area contributed by atoms with Crippen molar-refractivity contribution in [1.29, 1.82) is 0 Å². The minimum absolute atomic E-state index is 0.121. The Kier molecular flexibility index (Phi) is 4.66. The van der Waals surface area contributed by atoms with Gasteiger partial charge in [0.05, 0.1) is 6.61 Å². The lowest BCUT2D eigenvalue weighted by molar-refractivity contribution is -0.126. The molecule has 1 atom stereocenters. The Morgan fingerprint density at radius 1 is 1.39 bits per heavy atom. The van der Waals surface area contributed by atoms with Crippen molar-refractivity contribution in [3.8, 4) is 0 Å². The highest BCUT2D eigenvalue weighted by atomic mass is 16.5. The Bertz CT molecular complexity index is 610. The Hall–Kier alpha value is -1.88. The van der Waals surface area contributed by atoms with Crippen molar-refractivity contribution in [2.75, 3.05) is 23.4 Å². The molecule has 1 N–H and O–H groups in total. The van der Waals surface area contributed by atoms with Gasteiger partial charge in [0.25, 0.3) is 5.91 Å². The molecule has 1 aromatic rings. The van der Waals surface area contributed by atoms with Crippen LogP contribution in [-0.4, -0.2) is 31.1 Å². The van der Waals surface area contributed by atoms with Crippen molar-refractivity contribution in [2.45, 2.75) is 45.6 Å². The summed E-state index contributed by atoms with van der Waals surface area (Å²) in [6.07, 6.45) is 3.24. The lowest BCUT2D eigenvalue weighted by atomic mass is 10.0. The summed E-state index contributed by atoms with van der Waals surface area (Å²) in [6.45, 7) is 5.10. The maximum atomic E-state index is 12.2. The third-order valence-corrected chi connectivity index (χ3v) is 4.51. The van der Waals surface area contributed by atoms with E-state index in [2.05, 4.69) is 5.32 Å². The summed E-state index contributed by atoms with van der Waals surface area (Å²) < 4.78 is 5.60. The van der Waals surface area contributed by atoms with Crippen LogP contribution in [0.5, 0.6) is 0 Å². The summed E-state index contributed by atoms with van der Waals surface area (Å²) >= 11 is 0. The second kappa shape index (κ2) is 6.71. The van der Waals surface area contributed by atoms with Gasteiger partial charge in [0.1, 0.15) is 6.10 Å². The number of anilines is 2. The standard InChI is InChI=1S/C18H24N2O3/c1-3-20-16-8-7-15(10-14(16)6-9-17(20)21)19-18(22)12(2)23-11-13-4-5-13/h7-8,10,12-13H,3-6,9,11H2,1-2H3,(H,19,22). The van der Waals surface area contributed by atoms with E-state index in [0.717, 1.165) is 23.4 Å². The van der Waals surface area contributed by atoms with Crippen LogP contribution in [0.4, 0.5) is 11.4 Å². The SMILES string of the molecule is CCN1C(=O)CCc2cc(NC(=O)C(C)OCC3CC3)ccc21. The predicted molar refractivity (Wildman–Crippen MR) is 89.6 cm³/mol. The zero-order valence-electron chi connectivity index (χ0n) is 13.8. The molecule has 1 saturated carbocycles. The Morgan fingerprint density at radius 2 is 2.17 bits per heavy atom. The van der Waals surface area contributed by atoms with E-state index in [4.69, 9.17) is 4.74 Å². The van der Waals surface area contributed by atoms with E-state index >= 15 is 0 Å². The summed E-state index contributed by atoms with van der Waals surface area (Å²) in [7, 11) is 0. The van der Waals surface area contributed by atoms with Crippen LogP contribution in [0, 0.1) is 5.92 Å². The average molecular weight is 316 g/mol. The Labute approximate surface area is 137 Å². The van der Waals surface area contributed by atoms with Crippen molar-refractivity contribution in [2.24, 2.45) is 5.92 Å². The summed E-state index contributed by atoms with van der Waals surface area (Å²) in [6, 6.07) is 5.74. The second-order valence-electron chi connectivity index (χ2n) is 6.39. The summed E-state index contributed by atoms with van der Waals surface area (Å²) in [4.78, 5) is 25.9. The van der Waals surface area contributed by atoms with Crippen LogP contribution in [0.2, 0.25) is 0 Å². The molecule has 0 spiro atoms. The first-order chi connectivity index (χ1) is 11.1. The van der Waals surface area contributed by atoms with Crippen LogP contribution in [-0.2, 0) is 20.7 Å². The number of carbonyl (C=O) groups is 2. The van der Waals surface area contributed by atoms with Gasteiger partial charge < -0.3 is 15.0 Å². The number of benzene rings is 1. The normalized spacial score (nSPS) is 18.5. The van der Waals surface area contributed by atoms with Crippen molar-refractivity contribution < 1.29 is 14.3 Å². The van der Waals surface area contributed by atoms with E-state index in [1.165, 1.54) is 12.8 Å². The van der Waals surface area contributed by atoms with E-state index in [0.29, 0.717) is 25.5 Å². The van der Waals surface area contributed by atoms with E-state index in [-0.39, 0.29) is 11.8 Å². The fourth-order valence-corrected chi connectivity index (χ4v) is 2.87. The molecule has 1 aliphatic heterocycles. The van der Waals surface area contributed by atoms with E-state index in [9.17, 15) is 9.59 Å². The van der Waals surface area contributed by atoms with Crippen LogP contribution >= 0.6 is 0 Å². The molecule has 1 heterocycles. The first-order valence-corrected chi connectivity index (χ1v) is 8.44. The van der Waals surface area contributed by atoms with Gasteiger partial charge >= 0.3 is 0 Å². The minimum atomic E-state index is -0.444. The maximum absolute atomic E-state index is 12.2. The van der Waals surface area contributed by atoms with Gasteiger partial charge in [-0.05, 0) is 62.8 Å². The zero-order chi connectivity index (χ0) is 16.4. The largest absolute Gasteiger partial charge is 0.368 e. The van der Waals surface area contributed by atoms with E-state index in [1.807, 2.05) is 25.1 Å². The second-order valence-corrected chi connectivity index (χ2v) is 6.39. The number of amides is 2. The molecule has 5 heteroatoms. The molecule has 3 rings (SSSR count). The van der Waals surface area contributed by atoms with Crippen LogP contribution < -0.4 is 10.2 Å². The van der Waals surface area contributed by atoms with Gasteiger partial charge in [-0.1, -0.05) is 0 Å². The number of carbonyl (C=O) groups excluding carboxylic acids is 2. The first kappa shape index (κ1) is 16.0. The molecule has 124 valence electrons. The Balaban J connectivity index is 1.64. The zero-order valence-corrected chi connectivity index (χ0v) is 13.8. The highest BCUT2D eigenvalue weighted by Gasteiger charge is 2.25. The number of nitrogens with one attached hydrogen (secondary N) is 1. The summed E-state index contributed by atoms with van der Waals surface area (Å²) in [5.74, 6) is 0.690. The molecule has 23 heavy (non-hydrogen) atoms. The molecule has 0 saturated heterocycles. The molecule has 1 aliphatic carbocycles. The molecule has 2 aliphatic rings. The molecule has 0 radical (unpaired) electrons. The number of rotatable bonds is 6. The van der Waals surface area contributed by atoms with Crippen LogP contribution in [0.1, 0.15) is 38.7 Å². The highest BCUT2D eigenvalue weighted by Crippen LogP contribution is 2.31. The monoisotopic (exact) mass is 316 g/mol. The van der Waals surface area contributed by atoms with Gasteiger partial charge in [-0.2, -0.15) is 0 Å². The third kappa shape index (κ3) is 3.72. The third-order valence-electron chi connectivity index (χ3n) is 4.51. The van der Waals surface area contributed by atoms with Crippen molar-refractivity contribution >= 4 is 23.2 Å². The van der Waals surface area contributed by atoms with Crippen LogP contribution in [0.25, 0.3) is 0 Å². The fourth-order valence-electron chi connectivity index (χ4n) is 2.87. The van der Waals surface area contributed by atoms with Gasteiger partial charge in [-0.25, -0.2) is 0 Å². The van der Waals surface area contributed by atoms with Crippen molar-refractivity contribution in [3.63, 3.8) is 0 Å². The number of aryl methyl sites for hydroxylation is 1. The molecule has 0 aromatic heterocycles. The van der Waals surface area contributed by atoms with Crippen molar-refractivity contribution in [1.82, 2.24) is 0 Å². The van der Waals surface area contributed by atoms with Crippen LogP contribution in [0.3, 0.4) is 0 Å². The average Bonchev–Trinajstić information content (AvgIpc) is 3.37. The number of nitrogens with zero attached hydrogens (tertiary/aromatic N) is 1. The van der Waals surface area contributed by atoms with Gasteiger partial charge in [-0.15, -0.1) is 0 Å². The first-order valence-electron chi connectivity index (χ1n) is 8.44. The number of ether oxygens (including phenoxy) is 1. The molecule has 1 fully saturated rings. The van der Waals surface area contributed by atoms with Gasteiger partial charge in [-0.3, -0.25) is 9.59 Å². The van der Waals surface area contributed by atoms with E-state index in [1.54, 1.807) is 11.8 Å². The van der Waals surface area contributed by atoms with Gasteiger partial charge in [0, 0.05) is 24.3 Å². The van der Waals surface area contributed by atoms with E-state index < -0.39 is 6.10 Å². The quantitative estimate of drug-likeness (QED) is 0.878. The molecule has 0 bridgehead atoms. The predicted octanol–water partition coefficient (Wildman–Crippen LogP) is 2.74. The lowest BCUT2D eigenvalue weighted by Gasteiger charge is -2.28. The van der Waals surface area contributed by atoms with Crippen LogP contribution in [0.15, 0.2) is 18.2 Å². The molecular weight excluding hydrogens is 292 g/mol. The summed E-state index contributed by atoms with van der Waals surface area (Å²) in [5.41, 5.74) is 2.83. The number of hydrogen-bond donors (Lipinski definition) is 1. The highest BCUT2D eigenvalue weighted by molar-refractivity contribution is 5.98. The molecule has 2 amide bonds. The molecular formula is C18H24N2O3. The number of hydrogen-bond acceptors (Lipinski definition) is 3. The smallest absolute Gasteiger partial charge is 0.253 e. The lowest BCUT2D eigenvalue weighted by Crippen LogP contribution is -2.35.